The third-order valence-corrected chi connectivity index (χ3v) is 9.98. The molecule has 47 heavy (non-hydrogen) atoms. The topological polar surface area (TPSA) is 31.2 Å². The van der Waals surface area contributed by atoms with Gasteiger partial charge in [0.1, 0.15) is 22.3 Å². The molecule has 0 unspecified atom stereocenters. The van der Waals surface area contributed by atoms with Crippen molar-refractivity contribution in [3.63, 3.8) is 0 Å². The summed E-state index contributed by atoms with van der Waals surface area (Å²) in [7, 11) is 0. The predicted octanol–water partition coefficient (Wildman–Crippen LogP) is 12.6. The summed E-state index contributed by atoms with van der Waals surface area (Å²) in [6.07, 6.45) is 0. The van der Waals surface area contributed by atoms with E-state index in [0.29, 0.717) is 0 Å². The van der Waals surface area contributed by atoms with Crippen LogP contribution in [-0.4, -0.2) is 4.57 Å². The van der Waals surface area contributed by atoms with Crippen LogP contribution in [0.4, 0.5) is 0 Å². The number of furan rings is 2. The van der Waals surface area contributed by atoms with E-state index in [-0.39, 0.29) is 0 Å². The van der Waals surface area contributed by atoms with Gasteiger partial charge in [0.2, 0.25) is 0 Å². The van der Waals surface area contributed by atoms with Crippen LogP contribution in [0.2, 0.25) is 0 Å². The number of nitrogens with zero attached hydrogens (tertiary/aromatic N) is 1. The summed E-state index contributed by atoms with van der Waals surface area (Å²) in [5, 5.41) is 12.1. The van der Waals surface area contributed by atoms with Crippen molar-refractivity contribution in [3.8, 4) is 16.8 Å². The second-order valence-electron chi connectivity index (χ2n) is 12.5. The molecule has 0 aliphatic heterocycles. The molecule has 11 aromatic rings. The Hall–Kier alpha value is -6.32. The van der Waals surface area contributed by atoms with E-state index < -0.39 is 0 Å². The molecule has 3 nitrogen and oxygen atoms in total. The van der Waals surface area contributed by atoms with Gasteiger partial charge < -0.3 is 13.4 Å². The molecule has 0 fully saturated rings. The van der Waals surface area contributed by atoms with Crippen molar-refractivity contribution in [3.05, 3.63) is 152 Å². The Kier molecular flexibility index (Phi) is 4.84. The zero-order chi connectivity index (χ0) is 30.6. The highest BCUT2D eigenvalue weighted by molar-refractivity contribution is 6.26. The van der Waals surface area contributed by atoms with Crippen molar-refractivity contribution in [1.29, 1.82) is 0 Å². The SMILES string of the molecule is c1ccc2c(c1)ccc1c2ccc2c1c1cc(-c3ccc4oc5ccccc5c4c3)ccc1n2-c1ccc2oc3ccccc3c2c1. The second-order valence-corrected chi connectivity index (χ2v) is 12.5. The third-order valence-electron chi connectivity index (χ3n) is 9.98. The molecule has 3 heteroatoms. The summed E-state index contributed by atoms with van der Waals surface area (Å²) in [5.74, 6) is 0. The Morgan fingerprint density at radius 3 is 1.70 bits per heavy atom. The van der Waals surface area contributed by atoms with E-state index in [1.807, 2.05) is 24.3 Å². The first-order chi connectivity index (χ1) is 23.3. The minimum atomic E-state index is 0.900. The van der Waals surface area contributed by atoms with Gasteiger partial charge in [0.05, 0.1) is 11.0 Å². The fourth-order valence-electron chi connectivity index (χ4n) is 7.82. The van der Waals surface area contributed by atoms with Gasteiger partial charge in [-0.05, 0) is 93.3 Å². The molecule has 0 saturated heterocycles. The maximum absolute atomic E-state index is 6.20. The highest BCUT2D eigenvalue weighted by Gasteiger charge is 2.18. The lowest BCUT2D eigenvalue weighted by Crippen LogP contribution is -1.93. The molecule has 8 aromatic carbocycles. The maximum atomic E-state index is 6.20. The minimum Gasteiger partial charge on any atom is -0.456 e. The quantitative estimate of drug-likeness (QED) is 0.185. The van der Waals surface area contributed by atoms with Crippen LogP contribution in [0.5, 0.6) is 0 Å². The molecular weight excluding hydrogens is 574 g/mol. The van der Waals surface area contributed by atoms with E-state index in [0.717, 1.165) is 49.6 Å². The molecule has 3 heterocycles. The van der Waals surface area contributed by atoms with Gasteiger partial charge in [-0.2, -0.15) is 0 Å². The van der Waals surface area contributed by atoms with Crippen LogP contribution in [-0.2, 0) is 0 Å². The minimum absolute atomic E-state index is 0.900. The van der Waals surface area contributed by atoms with Gasteiger partial charge in [0, 0.05) is 38.0 Å². The van der Waals surface area contributed by atoms with E-state index in [9.17, 15) is 0 Å². The van der Waals surface area contributed by atoms with Crippen molar-refractivity contribution < 1.29 is 8.83 Å². The van der Waals surface area contributed by atoms with E-state index in [2.05, 4.69) is 132 Å². The van der Waals surface area contributed by atoms with Crippen LogP contribution < -0.4 is 0 Å². The van der Waals surface area contributed by atoms with E-state index >= 15 is 0 Å². The highest BCUT2D eigenvalue weighted by Crippen LogP contribution is 2.42. The molecule has 0 saturated carbocycles. The first kappa shape index (κ1) is 24.9. The lowest BCUT2D eigenvalue weighted by atomic mass is 9.96. The Bertz CT molecular complexity index is 3080. The van der Waals surface area contributed by atoms with Crippen LogP contribution in [0.3, 0.4) is 0 Å². The monoisotopic (exact) mass is 599 g/mol. The molecule has 3 aromatic heterocycles. The largest absolute Gasteiger partial charge is 0.456 e. The van der Waals surface area contributed by atoms with E-state index in [4.69, 9.17) is 8.83 Å². The van der Waals surface area contributed by atoms with Gasteiger partial charge in [0.15, 0.2) is 0 Å². The first-order valence-corrected chi connectivity index (χ1v) is 16.0. The van der Waals surface area contributed by atoms with Crippen molar-refractivity contribution in [2.45, 2.75) is 0 Å². The second kappa shape index (κ2) is 9.12. The lowest BCUT2D eigenvalue weighted by molar-refractivity contribution is 0.668. The number of benzene rings is 8. The molecule has 0 amide bonds. The van der Waals surface area contributed by atoms with Crippen molar-refractivity contribution in [1.82, 2.24) is 4.57 Å². The van der Waals surface area contributed by atoms with E-state index in [1.165, 1.54) is 54.5 Å². The zero-order valence-corrected chi connectivity index (χ0v) is 25.2. The summed E-state index contributed by atoms with van der Waals surface area (Å²) in [6.45, 7) is 0. The Balaban J connectivity index is 1.23. The molecule has 0 N–H and O–H groups in total. The molecule has 0 bridgehead atoms. The van der Waals surface area contributed by atoms with Gasteiger partial charge >= 0.3 is 0 Å². The fraction of sp³-hybridized carbons (Fsp3) is 0. The van der Waals surface area contributed by atoms with Gasteiger partial charge in [0.25, 0.3) is 0 Å². The van der Waals surface area contributed by atoms with Gasteiger partial charge in [-0.15, -0.1) is 0 Å². The average Bonchev–Trinajstić information content (AvgIpc) is 3.80. The lowest BCUT2D eigenvalue weighted by Gasteiger charge is -2.10. The molecule has 0 radical (unpaired) electrons. The number of rotatable bonds is 2. The normalized spacial score (nSPS) is 12.3. The number of para-hydroxylation sites is 2. The van der Waals surface area contributed by atoms with Crippen LogP contribution in [0.25, 0.3) is 104 Å². The van der Waals surface area contributed by atoms with Crippen LogP contribution in [0, 0.1) is 0 Å². The number of hydrogen-bond acceptors (Lipinski definition) is 2. The van der Waals surface area contributed by atoms with Crippen molar-refractivity contribution >= 4 is 87.2 Å². The molecule has 0 aliphatic carbocycles. The summed E-state index contributed by atoms with van der Waals surface area (Å²) in [4.78, 5) is 0. The van der Waals surface area contributed by atoms with E-state index in [1.54, 1.807) is 0 Å². The van der Waals surface area contributed by atoms with Crippen molar-refractivity contribution in [2.75, 3.05) is 0 Å². The van der Waals surface area contributed by atoms with Crippen LogP contribution >= 0.6 is 0 Å². The number of aromatic nitrogens is 1. The molecular formula is C44H25NO2. The number of hydrogen-bond donors (Lipinski definition) is 0. The summed E-state index contributed by atoms with van der Waals surface area (Å²) >= 11 is 0. The van der Waals surface area contributed by atoms with Gasteiger partial charge in [-0.25, -0.2) is 0 Å². The predicted molar refractivity (Wildman–Crippen MR) is 196 cm³/mol. The fourth-order valence-corrected chi connectivity index (χ4v) is 7.82. The molecule has 0 atom stereocenters. The molecule has 0 spiro atoms. The summed E-state index contributed by atoms with van der Waals surface area (Å²) in [6, 6.07) is 54.4. The highest BCUT2D eigenvalue weighted by atomic mass is 16.3. The van der Waals surface area contributed by atoms with Gasteiger partial charge in [-0.1, -0.05) is 91.0 Å². The summed E-state index contributed by atoms with van der Waals surface area (Å²) < 4.78 is 14.8. The standard InChI is InChI=1S/C44H25NO2/c1-2-8-30-26(7-1)13-17-34-31(30)18-20-39-44(34)37-24-27(28-15-21-42-35(23-28)32-9-3-5-11-40(32)46-42)14-19-38(37)45(39)29-16-22-43-36(25-29)33-10-4-6-12-41(33)47-43/h1-25H. The van der Waals surface area contributed by atoms with Gasteiger partial charge in [-0.3, -0.25) is 0 Å². The average molecular weight is 600 g/mol. The third kappa shape index (κ3) is 3.46. The van der Waals surface area contributed by atoms with Crippen LogP contribution in [0.1, 0.15) is 0 Å². The Morgan fingerprint density at radius 1 is 0.340 bits per heavy atom. The van der Waals surface area contributed by atoms with Crippen molar-refractivity contribution in [2.24, 2.45) is 0 Å². The molecule has 11 rings (SSSR count). The maximum Gasteiger partial charge on any atom is 0.135 e. The van der Waals surface area contributed by atoms with Crippen LogP contribution in [0.15, 0.2) is 160 Å². The zero-order valence-electron chi connectivity index (χ0n) is 25.2. The summed E-state index contributed by atoms with van der Waals surface area (Å²) in [5.41, 5.74) is 9.45. The Morgan fingerprint density at radius 2 is 0.915 bits per heavy atom. The number of fused-ring (bicyclic) bond motifs is 13. The molecule has 0 aliphatic rings. The smallest absolute Gasteiger partial charge is 0.135 e. The first-order valence-electron chi connectivity index (χ1n) is 16.0. The molecule has 218 valence electrons. The Labute approximate surface area is 268 Å².